The largest absolute Gasteiger partial charge is 0.450 e. The zero-order valence-electron chi connectivity index (χ0n) is 17.8. The summed E-state index contributed by atoms with van der Waals surface area (Å²) in [4.78, 5) is 28.2. The molecule has 4 aromatic rings. The SMILES string of the molecule is CCOC(=O)NC(=O)CSc1nnc(CSc2nc3ccccc3s2)n1Cc1ccccc1. The van der Waals surface area contributed by atoms with Crippen molar-refractivity contribution in [3.8, 4) is 0 Å². The molecule has 1 N–H and O–H groups in total. The summed E-state index contributed by atoms with van der Waals surface area (Å²) in [5.41, 5.74) is 2.08. The Bertz CT molecular complexity index is 1210. The van der Waals surface area contributed by atoms with Crippen LogP contribution in [-0.4, -0.2) is 44.1 Å². The molecule has 0 atom stereocenters. The van der Waals surface area contributed by atoms with Crippen LogP contribution in [0.1, 0.15) is 18.3 Å². The molecule has 2 amide bonds. The van der Waals surface area contributed by atoms with Crippen molar-refractivity contribution in [2.75, 3.05) is 12.4 Å². The maximum absolute atomic E-state index is 12.1. The molecule has 0 saturated heterocycles. The van der Waals surface area contributed by atoms with Crippen molar-refractivity contribution in [1.82, 2.24) is 25.1 Å². The standard InChI is InChI=1S/C22H21N5O3S3/c1-2-30-21(29)24-19(28)14-31-20-26-25-18(27(20)12-15-8-4-3-5-9-15)13-32-22-23-16-10-6-7-11-17(16)33-22/h3-11H,2,12-14H2,1H3,(H,24,28,29). The number of thiazole rings is 1. The second-order valence-electron chi connectivity index (χ2n) is 6.76. The Balaban J connectivity index is 1.47. The fourth-order valence-corrected chi connectivity index (χ4v) is 5.71. The normalized spacial score (nSPS) is 10.9. The number of alkyl carbamates (subject to hydrolysis) is 1. The van der Waals surface area contributed by atoms with E-state index in [4.69, 9.17) is 4.74 Å². The Labute approximate surface area is 203 Å². The molecular weight excluding hydrogens is 478 g/mol. The van der Waals surface area contributed by atoms with Crippen LogP contribution in [0.25, 0.3) is 10.2 Å². The van der Waals surface area contributed by atoms with Crippen LogP contribution in [0.5, 0.6) is 0 Å². The zero-order valence-corrected chi connectivity index (χ0v) is 20.2. The Morgan fingerprint density at radius 2 is 1.85 bits per heavy atom. The number of aromatic nitrogens is 4. The van der Waals surface area contributed by atoms with Gasteiger partial charge in [0.2, 0.25) is 5.91 Å². The van der Waals surface area contributed by atoms with Crippen molar-refractivity contribution in [2.24, 2.45) is 0 Å². The molecule has 2 aromatic heterocycles. The van der Waals surface area contributed by atoms with Gasteiger partial charge in [0, 0.05) is 0 Å². The van der Waals surface area contributed by atoms with Crippen molar-refractivity contribution in [3.05, 3.63) is 66.0 Å². The third-order valence-electron chi connectivity index (χ3n) is 4.43. The van der Waals surface area contributed by atoms with Gasteiger partial charge in [0.25, 0.3) is 0 Å². The third-order valence-corrected chi connectivity index (χ3v) is 7.57. The van der Waals surface area contributed by atoms with Crippen molar-refractivity contribution >= 4 is 57.1 Å². The number of amides is 2. The highest BCUT2D eigenvalue weighted by Gasteiger charge is 2.17. The lowest BCUT2D eigenvalue weighted by atomic mass is 10.2. The predicted molar refractivity (Wildman–Crippen MR) is 131 cm³/mol. The minimum atomic E-state index is -0.748. The van der Waals surface area contributed by atoms with Crippen LogP contribution < -0.4 is 5.32 Å². The molecular formula is C22H21N5O3S3. The number of carbonyl (C=O) groups excluding carboxylic acids is 2. The Morgan fingerprint density at radius 3 is 2.64 bits per heavy atom. The molecule has 0 aliphatic carbocycles. The Kier molecular flexibility index (Phi) is 7.97. The molecule has 0 unspecified atom stereocenters. The van der Waals surface area contributed by atoms with Gasteiger partial charge in [-0.15, -0.1) is 21.5 Å². The van der Waals surface area contributed by atoms with Gasteiger partial charge in [-0.1, -0.05) is 66.0 Å². The summed E-state index contributed by atoms with van der Waals surface area (Å²) in [6, 6.07) is 18.0. The van der Waals surface area contributed by atoms with Crippen LogP contribution in [0.3, 0.4) is 0 Å². The molecule has 33 heavy (non-hydrogen) atoms. The predicted octanol–water partition coefficient (Wildman–Crippen LogP) is 4.59. The third kappa shape index (κ3) is 6.34. The molecule has 2 heterocycles. The molecule has 4 rings (SSSR count). The van der Waals surface area contributed by atoms with E-state index in [0.717, 1.165) is 25.9 Å². The van der Waals surface area contributed by atoms with E-state index in [1.54, 1.807) is 30.0 Å². The van der Waals surface area contributed by atoms with E-state index in [1.807, 2.05) is 53.1 Å². The van der Waals surface area contributed by atoms with Gasteiger partial charge in [0.1, 0.15) is 5.82 Å². The lowest BCUT2D eigenvalue weighted by Gasteiger charge is -2.10. The number of ether oxygens (including phenoxy) is 1. The number of carbonyl (C=O) groups is 2. The smallest absolute Gasteiger partial charge is 0.413 e. The average molecular weight is 500 g/mol. The quantitative estimate of drug-likeness (QED) is 0.334. The van der Waals surface area contributed by atoms with Crippen molar-refractivity contribution < 1.29 is 14.3 Å². The fraction of sp³-hybridized carbons (Fsp3) is 0.227. The lowest BCUT2D eigenvalue weighted by Crippen LogP contribution is -2.32. The molecule has 0 aliphatic heterocycles. The first-order valence-corrected chi connectivity index (χ1v) is 12.9. The van der Waals surface area contributed by atoms with Crippen molar-refractivity contribution in [3.63, 3.8) is 0 Å². The van der Waals surface area contributed by atoms with Gasteiger partial charge >= 0.3 is 6.09 Å². The van der Waals surface area contributed by atoms with Crippen LogP contribution in [0, 0.1) is 0 Å². The summed E-state index contributed by atoms with van der Waals surface area (Å²) in [6.07, 6.45) is -0.748. The summed E-state index contributed by atoms with van der Waals surface area (Å²) in [5, 5.41) is 11.5. The van der Waals surface area contributed by atoms with E-state index in [2.05, 4.69) is 26.6 Å². The van der Waals surface area contributed by atoms with Crippen LogP contribution in [0.4, 0.5) is 4.79 Å². The molecule has 2 aromatic carbocycles. The molecule has 170 valence electrons. The fourth-order valence-electron chi connectivity index (χ4n) is 2.94. The number of hydrogen-bond acceptors (Lipinski definition) is 9. The van der Waals surface area contributed by atoms with Gasteiger partial charge in [0.15, 0.2) is 9.50 Å². The summed E-state index contributed by atoms with van der Waals surface area (Å²) in [6.45, 7) is 2.46. The molecule has 0 aliphatic rings. The van der Waals surface area contributed by atoms with Gasteiger partial charge in [-0.2, -0.15) is 0 Å². The van der Waals surface area contributed by atoms with Crippen molar-refractivity contribution in [1.29, 1.82) is 0 Å². The number of imide groups is 1. The number of rotatable bonds is 9. The Morgan fingerprint density at radius 1 is 1.06 bits per heavy atom. The first-order valence-electron chi connectivity index (χ1n) is 10.2. The highest BCUT2D eigenvalue weighted by molar-refractivity contribution is 8.00. The first kappa shape index (κ1) is 23.3. The summed E-state index contributed by atoms with van der Waals surface area (Å²) in [7, 11) is 0. The van der Waals surface area contributed by atoms with Crippen molar-refractivity contribution in [2.45, 2.75) is 28.7 Å². The minimum Gasteiger partial charge on any atom is -0.450 e. The van der Waals surface area contributed by atoms with E-state index < -0.39 is 12.0 Å². The number of benzene rings is 2. The molecule has 0 radical (unpaired) electrons. The molecule has 0 spiro atoms. The second-order valence-corrected chi connectivity index (χ2v) is 9.96. The topological polar surface area (TPSA) is 99.0 Å². The molecule has 0 bridgehead atoms. The first-order chi connectivity index (χ1) is 16.1. The van der Waals surface area contributed by atoms with E-state index in [0.29, 0.717) is 17.5 Å². The summed E-state index contributed by atoms with van der Waals surface area (Å²) >= 11 is 4.49. The van der Waals surface area contributed by atoms with E-state index in [-0.39, 0.29) is 12.4 Å². The summed E-state index contributed by atoms with van der Waals surface area (Å²) < 4.78 is 8.86. The number of nitrogens with zero attached hydrogens (tertiary/aromatic N) is 4. The van der Waals surface area contributed by atoms with Crippen LogP contribution in [0.15, 0.2) is 64.1 Å². The minimum absolute atomic E-state index is 0.0246. The average Bonchev–Trinajstić information content (AvgIpc) is 3.40. The van der Waals surface area contributed by atoms with Gasteiger partial charge in [-0.05, 0) is 24.6 Å². The van der Waals surface area contributed by atoms with Gasteiger partial charge in [-0.3, -0.25) is 10.1 Å². The summed E-state index contributed by atoms with van der Waals surface area (Å²) in [5.74, 6) is 0.959. The van der Waals surface area contributed by atoms with Crippen LogP contribution in [0.2, 0.25) is 0 Å². The van der Waals surface area contributed by atoms with Gasteiger partial charge in [-0.25, -0.2) is 9.78 Å². The number of hydrogen-bond donors (Lipinski definition) is 1. The van der Waals surface area contributed by atoms with E-state index in [1.165, 1.54) is 11.8 Å². The monoisotopic (exact) mass is 499 g/mol. The second kappa shape index (κ2) is 11.3. The lowest BCUT2D eigenvalue weighted by molar-refractivity contribution is -0.117. The zero-order chi connectivity index (χ0) is 23.0. The van der Waals surface area contributed by atoms with E-state index in [9.17, 15) is 9.59 Å². The highest BCUT2D eigenvalue weighted by Crippen LogP contribution is 2.31. The maximum Gasteiger partial charge on any atom is 0.413 e. The maximum atomic E-state index is 12.1. The molecule has 8 nitrogen and oxygen atoms in total. The number of nitrogens with one attached hydrogen (secondary N) is 1. The van der Waals surface area contributed by atoms with Gasteiger partial charge in [0.05, 0.1) is 34.9 Å². The van der Waals surface area contributed by atoms with Crippen LogP contribution in [-0.2, 0) is 21.8 Å². The number of para-hydroxylation sites is 1. The molecule has 0 saturated carbocycles. The van der Waals surface area contributed by atoms with Crippen LogP contribution >= 0.6 is 34.9 Å². The highest BCUT2D eigenvalue weighted by atomic mass is 32.2. The molecule has 11 heteroatoms. The molecule has 0 fully saturated rings. The number of fused-ring (bicyclic) bond motifs is 1. The Hall–Kier alpha value is -2.89. The van der Waals surface area contributed by atoms with E-state index >= 15 is 0 Å². The van der Waals surface area contributed by atoms with Gasteiger partial charge < -0.3 is 9.30 Å². The number of thioether (sulfide) groups is 2.